The summed E-state index contributed by atoms with van der Waals surface area (Å²) in [5.41, 5.74) is 6.23. The second-order valence-electron chi connectivity index (χ2n) is 3.18. The lowest BCUT2D eigenvalue weighted by molar-refractivity contribution is -0.137. The lowest BCUT2D eigenvalue weighted by atomic mass is 10.1. The standard InChI is InChI=1S/C11H19NO2/c1-4-6-9(3)7-10(12)8-11(13)14-5-2/h4,6,8-9H,5,7,12H2,1-3H3/b6-4+,10-8?. The highest BCUT2D eigenvalue weighted by atomic mass is 16.5. The zero-order valence-corrected chi connectivity index (χ0v) is 9.12. The summed E-state index contributed by atoms with van der Waals surface area (Å²) in [6, 6.07) is 0. The monoisotopic (exact) mass is 197 g/mol. The van der Waals surface area contributed by atoms with Crippen molar-refractivity contribution >= 4 is 5.97 Å². The molecule has 0 amide bonds. The molecule has 0 bridgehead atoms. The van der Waals surface area contributed by atoms with Gasteiger partial charge in [0.1, 0.15) is 0 Å². The van der Waals surface area contributed by atoms with Crippen LogP contribution in [0.1, 0.15) is 27.2 Å². The summed E-state index contributed by atoms with van der Waals surface area (Å²) in [5.74, 6) is -0.0108. The van der Waals surface area contributed by atoms with E-state index in [-0.39, 0.29) is 5.97 Å². The van der Waals surface area contributed by atoms with Crippen LogP contribution in [0.5, 0.6) is 0 Å². The zero-order chi connectivity index (χ0) is 11.0. The molecule has 0 saturated heterocycles. The van der Waals surface area contributed by atoms with Crippen LogP contribution in [0.25, 0.3) is 0 Å². The van der Waals surface area contributed by atoms with E-state index in [1.165, 1.54) is 6.08 Å². The first-order chi connectivity index (χ1) is 6.60. The van der Waals surface area contributed by atoms with Crippen LogP contribution in [0.4, 0.5) is 0 Å². The van der Waals surface area contributed by atoms with E-state index in [1.807, 2.05) is 26.0 Å². The van der Waals surface area contributed by atoms with Crippen LogP contribution in [0, 0.1) is 5.92 Å². The molecular weight excluding hydrogens is 178 g/mol. The highest BCUT2D eigenvalue weighted by Crippen LogP contribution is 2.08. The van der Waals surface area contributed by atoms with Crippen molar-refractivity contribution in [1.29, 1.82) is 0 Å². The Balaban J connectivity index is 4.05. The van der Waals surface area contributed by atoms with E-state index in [9.17, 15) is 4.79 Å². The largest absolute Gasteiger partial charge is 0.463 e. The van der Waals surface area contributed by atoms with Crippen molar-refractivity contribution in [2.24, 2.45) is 11.7 Å². The fourth-order valence-corrected chi connectivity index (χ4v) is 1.16. The predicted octanol–water partition coefficient (Wildman–Crippen LogP) is 1.99. The topological polar surface area (TPSA) is 52.3 Å². The number of rotatable bonds is 5. The first-order valence-electron chi connectivity index (χ1n) is 4.85. The van der Waals surface area contributed by atoms with Crippen LogP contribution < -0.4 is 5.73 Å². The van der Waals surface area contributed by atoms with Crippen LogP contribution in [0.2, 0.25) is 0 Å². The Morgan fingerprint density at radius 2 is 2.21 bits per heavy atom. The number of carbonyl (C=O) groups is 1. The summed E-state index contributed by atoms with van der Waals surface area (Å²) in [5, 5.41) is 0. The van der Waals surface area contributed by atoms with E-state index >= 15 is 0 Å². The SMILES string of the molecule is C/C=C/C(C)CC(N)=CC(=O)OCC. The molecule has 0 aromatic heterocycles. The average Bonchev–Trinajstić information content (AvgIpc) is 2.03. The second kappa shape index (κ2) is 7.18. The van der Waals surface area contributed by atoms with Crippen LogP contribution in [0.3, 0.4) is 0 Å². The van der Waals surface area contributed by atoms with Gasteiger partial charge in [-0.05, 0) is 26.2 Å². The van der Waals surface area contributed by atoms with E-state index in [0.717, 1.165) is 0 Å². The maximum absolute atomic E-state index is 11.0. The van der Waals surface area contributed by atoms with Gasteiger partial charge in [-0.3, -0.25) is 0 Å². The lowest BCUT2D eigenvalue weighted by Gasteiger charge is -2.05. The smallest absolute Gasteiger partial charge is 0.332 e. The lowest BCUT2D eigenvalue weighted by Crippen LogP contribution is -2.08. The number of hydrogen-bond acceptors (Lipinski definition) is 3. The molecule has 0 heterocycles. The number of nitrogens with two attached hydrogens (primary N) is 1. The number of hydrogen-bond donors (Lipinski definition) is 1. The average molecular weight is 197 g/mol. The molecule has 80 valence electrons. The Bertz CT molecular complexity index is 231. The van der Waals surface area contributed by atoms with Gasteiger partial charge in [-0.25, -0.2) is 4.79 Å². The third-order valence-electron chi connectivity index (χ3n) is 1.67. The van der Waals surface area contributed by atoms with E-state index < -0.39 is 0 Å². The Kier molecular flexibility index (Phi) is 6.54. The van der Waals surface area contributed by atoms with Crippen LogP contribution in [0.15, 0.2) is 23.9 Å². The molecule has 3 heteroatoms. The number of allylic oxidation sites excluding steroid dienone is 3. The summed E-state index contributed by atoms with van der Waals surface area (Å²) in [6.07, 6.45) is 6.06. The van der Waals surface area contributed by atoms with Gasteiger partial charge in [0.2, 0.25) is 0 Å². The molecule has 2 N–H and O–H groups in total. The number of carbonyl (C=O) groups excluding carboxylic acids is 1. The predicted molar refractivity (Wildman–Crippen MR) is 57.5 cm³/mol. The summed E-state index contributed by atoms with van der Waals surface area (Å²) in [6.45, 7) is 6.16. The molecule has 0 aliphatic heterocycles. The van der Waals surface area contributed by atoms with Gasteiger partial charge < -0.3 is 10.5 Å². The molecule has 0 radical (unpaired) electrons. The van der Waals surface area contributed by atoms with Crippen molar-refractivity contribution in [2.45, 2.75) is 27.2 Å². The Morgan fingerprint density at radius 3 is 2.71 bits per heavy atom. The molecule has 0 fully saturated rings. The maximum atomic E-state index is 11.0. The minimum Gasteiger partial charge on any atom is -0.463 e. The van der Waals surface area contributed by atoms with E-state index in [0.29, 0.717) is 24.6 Å². The molecule has 0 aromatic carbocycles. The second-order valence-corrected chi connectivity index (χ2v) is 3.18. The normalized spacial score (nSPS) is 14.4. The van der Waals surface area contributed by atoms with Gasteiger partial charge in [-0.15, -0.1) is 0 Å². The highest BCUT2D eigenvalue weighted by Gasteiger charge is 2.02. The minimum absolute atomic E-state index is 0.352. The third kappa shape index (κ3) is 6.29. The fourth-order valence-electron chi connectivity index (χ4n) is 1.16. The molecule has 1 unspecified atom stereocenters. The summed E-state index contributed by atoms with van der Waals surface area (Å²) in [7, 11) is 0. The van der Waals surface area contributed by atoms with Crippen LogP contribution in [-0.2, 0) is 9.53 Å². The number of ether oxygens (including phenoxy) is 1. The van der Waals surface area contributed by atoms with Crippen molar-refractivity contribution in [2.75, 3.05) is 6.61 Å². The van der Waals surface area contributed by atoms with Crippen LogP contribution >= 0.6 is 0 Å². The first kappa shape index (κ1) is 12.8. The third-order valence-corrected chi connectivity index (χ3v) is 1.67. The molecular formula is C11H19NO2. The van der Waals surface area contributed by atoms with Gasteiger partial charge >= 0.3 is 5.97 Å². The van der Waals surface area contributed by atoms with Gasteiger partial charge in [0, 0.05) is 11.8 Å². The Hall–Kier alpha value is -1.25. The van der Waals surface area contributed by atoms with Crippen molar-refractivity contribution in [3.8, 4) is 0 Å². The first-order valence-corrected chi connectivity index (χ1v) is 4.85. The van der Waals surface area contributed by atoms with Crippen molar-refractivity contribution in [1.82, 2.24) is 0 Å². The highest BCUT2D eigenvalue weighted by molar-refractivity contribution is 5.82. The molecule has 14 heavy (non-hydrogen) atoms. The summed E-state index contributed by atoms with van der Waals surface area (Å²) < 4.78 is 4.74. The van der Waals surface area contributed by atoms with E-state index in [4.69, 9.17) is 10.5 Å². The molecule has 0 aliphatic carbocycles. The van der Waals surface area contributed by atoms with Gasteiger partial charge in [0.25, 0.3) is 0 Å². The minimum atomic E-state index is -0.363. The molecule has 1 atom stereocenters. The van der Waals surface area contributed by atoms with E-state index in [2.05, 4.69) is 0 Å². The van der Waals surface area contributed by atoms with Gasteiger partial charge in [-0.1, -0.05) is 19.1 Å². The van der Waals surface area contributed by atoms with Crippen LogP contribution in [-0.4, -0.2) is 12.6 Å². The zero-order valence-electron chi connectivity index (χ0n) is 9.12. The molecule has 0 saturated carbocycles. The van der Waals surface area contributed by atoms with Gasteiger partial charge in [-0.2, -0.15) is 0 Å². The van der Waals surface area contributed by atoms with Gasteiger partial charge in [0.05, 0.1) is 6.61 Å². The quantitative estimate of drug-likeness (QED) is 0.416. The Labute approximate surface area is 85.6 Å². The molecule has 3 nitrogen and oxygen atoms in total. The molecule has 0 spiro atoms. The van der Waals surface area contributed by atoms with Gasteiger partial charge in [0.15, 0.2) is 0 Å². The molecule has 0 aromatic rings. The maximum Gasteiger partial charge on any atom is 0.332 e. The van der Waals surface area contributed by atoms with Crippen molar-refractivity contribution in [3.63, 3.8) is 0 Å². The number of esters is 1. The summed E-state index contributed by atoms with van der Waals surface area (Å²) in [4.78, 5) is 11.0. The van der Waals surface area contributed by atoms with Crippen molar-refractivity contribution in [3.05, 3.63) is 23.9 Å². The molecule has 0 aliphatic rings. The van der Waals surface area contributed by atoms with E-state index in [1.54, 1.807) is 6.92 Å². The van der Waals surface area contributed by atoms with Crippen molar-refractivity contribution < 1.29 is 9.53 Å². The Morgan fingerprint density at radius 1 is 1.57 bits per heavy atom. The molecule has 0 rings (SSSR count). The summed E-state index contributed by atoms with van der Waals surface area (Å²) >= 11 is 0. The fraction of sp³-hybridized carbons (Fsp3) is 0.545.